The zero-order chi connectivity index (χ0) is 23.9. The Morgan fingerprint density at radius 2 is 1.53 bits per heavy atom. The molecule has 34 heavy (non-hydrogen) atoms. The van der Waals surface area contributed by atoms with Gasteiger partial charge in [0.25, 0.3) is 20.0 Å². The van der Waals surface area contributed by atoms with E-state index in [1.54, 1.807) is 12.1 Å². The molecule has 0 spiro atoms. The lowest BCUT2D eigenvalue weighted by atomic mass is 10.0. The monoisotopic (exact) mass is 504 g/mol. The van der Waals surface area contributed by atoms with Crippen LogP contribution in [0.3, 0.4) is 0 Å². The third kappa shape index (κ3) is 4.16. The van der Waals surface area contributed by atoms with E-state index >= 15 is 0 Å². The molecule has 2 heterocycles. The molecule has 3 aromatic rings. The predicted octanol–water partition coefficient (Wildman–Crippen LogP) is 3.54. The fourth-order valence-corrected chi connectivity index (χ4v) is 6.59. The van der Waals surface area contributed by atoms with Gasteiger partial charge in [0.1, 0.15) is 19.0 Å². The summed E-state index contributed by atoms with van der Waals surface area (Å²) in [5.74, 6) is 0.283. The Morgan fingerprint density at radius 3 is 2.29 bits per heavy atom. The van der Waals surface area contributed by atoms with Crippen molar-refractivity contribution in [2.24, 2.45) is 0 Å². The Morgan fingerprint density at radius 1 is 0.824 bits per heavy atom. The van der Waals surface area contributed by atoms with Gasteiger partial charge in [-0.25, -0.2) is 21.2 Å². The normalized spacial score (nSPS) is 15.5. The first kappa shape index (κ1) is 22.5. The lowest BCUT2D eigenvalue weighted by molar-refractivity contribution is 0.171. The topological polar surface area (TPSA) is 102 Å². The maximum absolute atomic E-state index is 13.3. The third-order valence-electron chi connectivity index (χ3n) is 5.64. The van der Waals surface area contributed by atoms with Crippen molar-refractivity contribution >= 4 is 31.4 Å². The molecule has 8 nitrogen and oxygen atoms in total. The summed E-state index contributed by atoms with van der Waals surface area (Å²) < 4.78 is 80.5. The molecule has 0 saturated carbocycles. The number of nitrogens with zero attached hydrogens (tertiary/aromatic N) is 1. The minimum absolute atomic E-state index is 0.00902. The van der Waals surface area contributed by atoms with Gasteiger partial charge in [-0.15, -0.1) is 0 Å². The molecule has 5 rings (SSSR count). The van der Waals surface area contributed by atoms with Crippen molar-refractivity contribution in [3.05, 3.63) is 72.0 Å². The van der Waals surface area contributed by atoms with Crippen LogP contribution in [0.25, 0.3) is 0 Å². The van der Waals surface area contributed by atoms with E-state index in [-0.39, 0.29) is 22.0 Å². The summed E-state index contributed by atoms with van der Waals surface area (Å²) in [4.78, 5) is -0.0470. The van der Waals surface area contributed by atoms with Gasteiger partial charge in [0.15, 0.2) is 11.5 Å². The van der Waals surface area contributed by atoms with E-state index in [1.807, 2.05) is 0 Å². The summed E-state index contributed by atoms with van der Waals surface area (Å²) in [6.07, 6.45) is 1.26. The summed E-state index contributed by atoms with van der Waals surface area (Å²) in [6, 6.07) is 13.8. The summed E-state index contributed by atoms with van der Waals surface area (Å²) in [6.45, 7) is 0.946. The van der Waals surface area contributed by atoms with E-state index < -0.39 is 25.9 Å². The third-order valence-corrected chi connectivity index (χ3v) is 8.85. The van der Waals surface area contributed by atoms with E-state index in [1.165, 1.54) is 40.7 Å². The number of hydrogen-bond acceptors (Lipinski definition) is 6. The van der Waals surface area contributed by atoms with E-state index in [2.05, 4.69) is 4.72 Å². The molecule has 0 bridgehead atoms. The molecule has 0 aliphatic carbocycles. The molecule has 0 radical (unpaired) electrons. The average Bonchev–Trinajstić information content (AvgIpc) is 2.83. The molecule has 178 valence electrons. The van der Waals surface area contributed by atoms with Crippen molar-refractivity contribution in [3.8, 4) is 11.5 Å². The second-order valence-electron chi connectivity index (χ2n) is 7.89. The highest BCUT2D eigenvalue weighted by atomic mass is 32.2. The molecule has 3 aromatic carbocycles. The first-order valence-corrected chi connectivity index (χ1v) is 13.5. The van der Waals surface area contributed by atoms with E-state index in [4.69, 9.17) is 9.47 Å². The van der Waals surface area contributed by atoms with E-state index in [0.29, 0.717) is 43.2 Å². The van der Waals surface area contributed by atoms with Gasteiger partial charge in [0.2, 0.25) is 0 Å². The summed E-state index contributed by atoms with van der Waals surface area (Å²) in [7, 11) is -7.93. The number of rotatable bonds is 5. The summed E-state index contributed by atoms with van der Waals surface area (Å²) in [5.41, 5.74) is 1.38. The molecular formula is C23H21FN2O6S2. The SMILES string of the molecule is O=S(=O)(Nc1ccc2c(c1)N(S(=O)(=O)c1ccc(F)cc1)CCC2)c1ccc2c(c1)OCCO2. The lowest BCUT2D eigenvalue weighted by Gasteiger charge is -2.31. The minimum atomic E-state index is -3.98. The van der Waals surface area contributed by atoms with Gasteiger partial charge in [-0.2, -0.15) is 0 Å². The smallest absolute Gasteiger partial charge is 0.264 e. The van der Waals surface area contributed by atoms with Crippen molar-refractivity contribution in [2.45, 2.75) is 22.6 Å². The van der Waals surface area contributed by atoms with Crippen molar-refractivity contribution in [3.63, 3.8) is 0 Å². The zero-order valence-corrected chi connectivity index (χ0v) is 19.5. The first-order valence-electron chi connectivity index (χ1n) is 10.6. The lowest BCUT2D eigenvalue weighted by Crippen LogP contribution is -2.35. The Bertz CT molecular complexity index is 1460. The maximum Gasteiger partial charge on any atom is 0.264 e. The largest absolute Gasteiger partial charge is 0.486 e. The Hall–Kier alpha value is -3.31. The number of ether oxygens (including phenoxy) is 2. The molecule has 0 aromatic heterocycles. The molecule has 0 saturated heterocycles. The fraction of sp³-hybridized carbons (Fsp3) is 0.217. The van der Waals surface area contributed by atoms with Gasteiger partial charge < -0.3 is 9.47 Å². The van der Waals surface area contributed by atoms with Crippen molar-refractivity contribution < 1.29 is 30.7 Å². The van der Waals surface area contributed by atoms with Crippen LogP contribution < -0.4 is 18.5 Å². The summed E-state index contributed by atoms with van der Waals surface area (Å²) in [5, 5.41) is 0. The zero-order valence-electron chi connectivity index (χ0n) is 17.9. The fourth-order valence-electron chi connectivity index (χ4n) is 3.99. The molecule has 0 atom stereocenters. The molecule has 1 N–H and O–H groups in total. The molecule has 0 amide bonds. The molecule has 2 aliphatic rings. The van der Waals surface area contributed by atoms with Gasteiger partial charge in [0, 0.05) is 12.6 Å². The van der Waals surface area contributed by atoms with Crippen LogP contribution in [0, 0.1) is 5.82 Å². The number of halogens is 1. The number of anilines is 2. The quantitative estimate of drug-likeness (QED) is 0.570. The Balaban J connectivity index is 1.47. The van der Waals surface area contributed by atoms with Crippen LogP contribution in [0.2, 0.25) is 0 Å². The van der Waals surface area contributed by atoms with Crippen LogP contribution in [0.5, 0.6) is 11.5 Å². The highest BCUT2D eigenvalue weighted by Crippen LogP contribution is 2.36. The average molecular weight is 505 g/mol. The van der Waals surface area contributed by atoms with Crippen molar-refractivity contribution in [1.82, 2.24) is 0 Å². The molecular weight excluding hydrogens is 483 g/mol. The molecule has 0 unspecified atom stereocenters. The van der Waals surface area contributed by atoms with Crippen LogP contribution in [-0.4, -0.2) is 36.6 Å². The number of aryl methyl sites for hydroxylation is 1. The van der Waals surface area contributed by atoms with Gasteiger partial charge >= 0.3 is 0 Å². The minimum Gasteiger partial charge on any atom is -0.486 e. The van der Waals surface area contributed by atoms with Crippen LogP contribution in [-0.2, 0) is 26.5 Å². The van der Waals surface area contributed by atoms with Crippen molar-refractivity contribution in [1.29, 1.82) is 0 Å². The number of fused-ring (bicyclic) bond motifs is 2. The molecule has 0 fully saturated rings. The highest BCUT2D eigenvalue weighted by Gasteiger charge is 2.30. The number of hydrogen-bond donors (Lipinski definition) is 1. The second-order valence-corrected chi connectivity index (χ2v) is 11.4. The van der Waals surface area contributed by atoms with Gasteiger partial charge in [-0.3, -0.25) is 9.03 Å². The second kappa shape index (κ2) is 8.48. The van der Waals surface area contributed by atoms with Crippen molar-refractivity contribution in [2.75, 3.05) is 28.8 Å². The van der Waals surface area contributed by atoms with Crippen LogP contribution in [0.4, 0.5) is 15.8 Å². The van der Waals surface area contributed by atoms with Gasteiger partial charge in [-0.1, -0.05) is 6.07 Å². The Kier molecular flexibility index (Phi) is 5.61. The van der Waals surface area contributed by atoms with Gasteiger partial charge in [-0.05, 0) is 66.9 Å². The summed E-state index contributed by atoms with van der Waals surface area (Å²) >= 11 is 0. The maximum atomic E-state index is 13.3. The first-order chi connectivity index (χ1) is 16.2. The van der Waals surface area contributed by atoms with E-state index in [9.17, 15) is 21.2 Å². The number of nitrogens with one attached hydrogen (secondary N) is 1. The van der Waals surface area contributed by atoms with Crippen LogP contribution in [0.15, 0.2) is 70.5 Å². The van der Waals surface area contributed by atoms with Gasteiger partial charge in [0.05, 0.1) is 21.2 Å². The number of benzene rings is 3. The highest BCUT2D eigenvalue weighted by molar-refractivity contribution is 7.93. The van der Waals surface area contributed by atoms with Crippen LogP contribution in [0.1, 0.15) is 12.0 Å². The Labute approximate surface area is 197 Å². The van der Waals surface area contributed by atoms with E-state index in [0.717, 1.165) is 17.7 Å². The molecule has 11 heteroatoms. The predicted molar refractivity (Wildman–Crippen MR) is 124 cm³/mol. The molecule has 2 aliphatic heterocycles. The van der Waals surface area contributed by atoms with Crippen LogP contribution >= 0.6 is 0 Å². The standard InChI is InChI=1S/C23H21FN2O6S2/c24-17-4-7-19(8-5-17)34(29,30)26-11-1-2-16-3-6-18(14-21(16)26)25-33(27,28)20-9-10-22-23(15-20)32-13-12-31-22/h3-10,14-15,25H,1-2,11-13H2. The number of sulfonamides is 2.